The van der Waals surface area contributed by atoms with E-state index in [-0.39, 0.29) is 29.5 Å². The van der Waals surface area contributed by atoms with Crippen molar-refractivity contribution in [3.63, 3.8) is 0 Å². The lowest BCUT2D eigenvalue weighted by Crippen LogP contribution is -2.31. The number of sulfonamides is 1. The molecule has 3 aromatic heterocycles. The summed E-state index contributed by atoms with van der Waals surface area (Å²) >= 11 is 0. The Kier molecular flexibility index (Phi) is 6.59. The topological polar surface area (TPSA) is 147 Å². The number of hydrogen-bond acceptors (Lipinski definition) is 10. The van der Waals surface area contributed by atoms with E-state index in [9.17, 15) is 12.8 Å². The van der Waals surface area contributed by atoms with Gasteiger partial charge in [0.05, 0.1) is 31.9 Å². The first kappa shape index (κ1) is 23.7. The number of nitrogens with zero attached hydrogens (tertiary/aromatic N) is 7. The summed E-state index contributed by atoms with van der Waals surface area (Å²) < 4.78 is 54.7. The van der Waals surface area contributed by atoms with Crippen LogP contribution in [0.25, 0.3) is 5.69 Å². The van der Waals surface area contributed by atoms with Crippen LogP contribution in [0.2, 0.25) is 0 Å². The van der Waals surface area contributed by atoms with Crippen LogP contribution in [0.3, 0.4) is 0 Å². The minimum Gasteiger partial charge on any atom is -0.479 e. The Balaban J connectivity index is 1.74. The molecule has 0 saturated heterocycles. The number of halogens is 1. The molecule has 1 saturated carbocycles. The largest absolute Gasteiger partial charge is 0.479 e. The van der Waals surface area contributed by atoms with Crippen LogP contribution in [0, 0.1) is 5.82 Å². The highest BCUT2D eigenvalue weighted by Crippen LogP contribution is 2.40. The van der Waals surface area contributed by atoms with E-state index in [1.54, 1.807) is 6.92 Å². The van der Waals surface area contributed by atoms with Crippen LogP contribution >= 0.6 is 0 Å². The van der Waals surface area contributed by atoms with Gasteiger partial charge in [-0.15, -0.1) is 10.2 Å². The molecule has 1 aliphatic carbocycles. The summed E-state index contributed by atoms with van der Waals surface area (Å²) in [5.74, 6) is -0.0909. The number of ether oxygens (including phenoxy) is 2. The predicted octanol–water partition coefficient (Wildman–Crippen LogP) is 2.20. The van der Waals surface area contributed by atoms with E-state index in [2.05, 4.69) is 34.9 Å². The highest BCUT2D eigenvalue weighted by Gasteiger charge is 2.35. The van der Waals surface area contributed by atoms with Gasteiger partial charge in [-0.05, 0) is 19.8 Å². The maximum atomic E-state index is 13.3. The molecule has 34 heavy (non-hydrogen) atoms. The monoisotopic (exact) mass is 492 g/mol. The van der Waals surface area contributed by atoms with E-state index >= 15 is 0 Å². The van der Waals surface area contributed by atoms with Crippen LogP contribution in [0.1, 0.15) is 56.6 Å². The number of hydrogen-bond donors (Lipinski definition) is 1. The molecule has 1 N–H and O–H groups in total. The van der Waals surface area contributed by atoms with Crippen molar-refractivity contribution in [2.75, 3.05) is 18.9 Å². The summed E-state index contributed by atoms with van der Waals surface area (Å²) in [6, 6.07) is 0. The van der Waals surface area contributed by atoms with E-state index in [0.717, 1.165) is 31.7 Å². The van der Waals surface area contributed by atoms with Gasteiger partial charge in [0, 0.05) is 11.8 Å². The van der Waals surface area contributed by atoms with Crippen LogP contribution in [0.5, 0.6) is 11.8 Å². The first-order valence-electron chi connectivity index (χ1n) is 10.6. The molecule has 0 spiro atoms. The summed E-state index contributed by atoms with van der Waals surface area (Å²) in [6.45, 7) is 3.17. The van der Waals surface area contributed by atoms with Crippen LogP contribution in [0.15, 0.2) is 18.7 Å². The Morgan fingerprint density at radius 3 is 2.21 bits per heavy atom. The summed E-state index contributed by atoms with van der Waals surface area (Å²) in [5.41, 5.74) is 0.291. The van der Waals surface area contributed by atoms with Gasteiger partial charge >= 0.3 is 0 Å². The Morgan fingerprint density at radius 1 is 1.06 bits per heavy atom. The van der Waals surface area contributed by atoms with Gasteiger partial charge < -0.3 is 9.47 Å². The van der Waals surface area contributed by atoms with Crippen molar-refractivity contribution in [2.45, 2.75) is 50.2 Å². The van der Waals surface area contributed by atoms with Gasteiger partial charge in [0.25, 0.3) is 0 Å². The lowest BCUT2D eigenvalue weighted by atomic mass is 9.85. The third kappa shape index (κ3) is 4.36. The van der Waals surface area contributed by atoms with Gasteiger partial charge in [-0.2, -0.15) is 9.97 Å². The zero-order valence-corrected chi connectivity index (χ0v) is 20.0. The lowest BCUT2D eigenvalue weighted by molar-refractivity contribution is 0.362. The second kappa shape index (κ2) is 9.44. The first-order chi connectivity index (χ1) is 16.3. The van der Waals surface area contributed by atoms with E-state index < -0.39 is 27.0 Å². The van der Waals surface area contributed by atoms with Crippen molar-refractivity contribution in [3.8, 4) is 17.4 Å². The smallest absolute Gasteiger partial charge is 0.245 e. The second-order valence-electron chi connectivity index (χ2n) is 7.99. The molecule has 12 nitrogen and oxygen atoms in total. The number of nitrogens with one attached hydrogen (secondary N) is 1. The molecular weight excluding hydrogens is 467 g/mol. The van der Waals surface area contributed by atoms with Crippen molar-refractivity contribution in [2.24, 2.45) is 0 Å². The summed E-state index contributed by atoms with van der Waals surface area (Å²) in [6.07, 6.45) is 6.09. The van der Waals surface area contributed by atoms with Crippen molar-refractivity contribution in [1.29, 1.82) is 0 Å². The normalized spacial score (nSPS) is 15.9. The fraction of sp³-hybridized carbons (Fsp3) is 0.500. The SMILES string of the molecule is COc1ncnc(OC)c1-n1c(NS(=O)(=O)C(C)C(C)c2ncc(F)cn2)nnc1C1CCC1. The van der Waals surface area contributed by atoms with Crippen molar-refractivity contribution < 1.29 is 22.3 Å². The zero-order chi connectivity index (χ0) is 24.5. The van der Waals surface area contributed by atoms with Gasteiger partial charge in [0.2, 0.25) is 27.7 Å². The second-order valence-corrected chi connectivity index (χ2v) is 10.0. The molecule has 0 aliphatic heterocycles. The van der Waals surface area contributed by atoms with Crippen LogP contribution < -0.4 is 14.2 Å². The number of anilines is 1. The molecule has 2 unspecified atom stereocenters. The molecule has 0 aromatic carbocycles. The minimum absolute atomic E-state index is 0.0487. The van der Waals surface area contributed by atoms with Gasteiger partial charge in [0.15, 0.2) is 11.5 Å². The van der Waals surface area contributed by atoms with Gasteiger partial charge in [-0.1, -0.05) is 13.3 Å². The molecule has 3 heterocycles. The highest BCUT2D eigenvalue weighted by molar-refractivity contribution is 7.93. The Hall–Kier alpha value is -3.42. The van der Waals surface area contributed by atoms with E-state index in [1.165, 1.54) is 32.0 Å². The quantitative estimate of drug-likeness (QED) is 0.471. The van der Waals surface area contributed by atoms with Gasteiger partial charge in [0.1, 0.15) is 18.0 Å². The summed E-state index contributed by atoms with van der Waals surface area (Å²) in [7, 11) is -1.13. The van der Waals surface area contributed by atoms with E-state index in [0.29, 0.717) is 11.5 Å². The number of aromatic nitrogens is 7. The standard InChI is InChI=1S/C20H25FN8O4S/c1-11(16-22-8-14(21)9-23-16)12(2)34(30,31)28-20-27-26-17(13-6-5-7-13)29(20)15-18(32-3)24-10-25-19(15)33-4/h8-13H,5-7H2,1-4H3,(H,27,28). The molecule has 0 bridgehead atoms. The first-order valence-corrected chi connectivity index (χ1v) is 12.2. The lowest BCUT2D eigenvalue weighted by Gasteiger charge is -2.26. The average molecular weight is 493 g/mol. The molecular formula is C20H25FN8O4S. The predicted molar refractivity (Wildman–Crippen MR) is 119 cm³/mol. The van der Waals surface area contributed by atoms with Crippen LogP contribution in [0.4, 0.5) is 10.3 Å². The fourth-order valence-corrected chi connectivity index (χ4v) is 4.84. The minimum atomic E-state index is -4.01. The third-order valence-electron chi connectivity index (χ3n) is 6.00. The Labute approximate surface area is 196 Å². The Bertz CT molecular complexity index is 1240. The summed E-state index contributed by atoms with van der Waals surface area (Å²) in [5, 5.41) is 7.43. The van der Waals surface area contributed by atoms with Crippen molar-refractivity contribution in [3.05, 3.63) is 36.2 Å². The highest BCUT2D eigenvalue weighted by atomic mass is 32.2. The molecule has 1 fully saturated rings. The molecule has 0 radical (unpaired) electrons. The van der Waals surface area contributed by atoms with Crippen molar-refractivity contribution in [1.82, 2.24) is 34.7 Å². The number of rotatable bonds is 9. The maximum Gasteiger partial charge on any atom is 0.245 e. The molecule has 3 aromatic rings. The summed E-state index contributed by atoms with van der Waals surface area (Å²) in [4.78, 5) is 16.1. The van der Waals surface area contributed by atoms with Gasteiger partial charge in [-0.25, -0.2) is 22.8 Å². The third-order valence-corrected chi connectivity index (χ3v) is 7.85. The van der Waals surface area contributed by atoms with Crippen molar-refractivity contribution >= 4 is 16.0 Å². The van der Waals surface area contributed by atoms with Crippen LogP contribution in [-0.4, -0.2) is 62.6 Å². The molecule has 4 rings (SSSR count). The molecule has 1 aliphatic rings. The van der Waals surface area contributed by atoms with Crippen LogP contribution in [-0.2, 0) is 10.0 Å². The average Bonchev–Trinajstić information content (AvgIpc) is 3.18. The zero-order valence-electron chi connectivity index (χ0n) is 19.1. The van der Waals surface area contributed by atoms with E-state index in [1.807, 2.05) is 0 Å². The number of methoxy groups -OCH3 is 2. The Morgan fingerprint density at radius 2 is 1.68 bits per heavy atom. The van der Waals surface area contributed by atoms with Gasteiger partial charge in [-0.3, -0.25) is 9.29 Å². The fourth-order valence-electron chi connectivity index (χ4n) is 3.61. The molecule has 2 atom stereocenters. The van der Waals surface area contributed by atoms with E-state index in [4.69, 9.17) is 9.47 Å². The molecule has 182 valence electrons. The maximum absolute atomic E-state index is 13.3. The molecule has 0 amide bonds. The molecule has 14 heteroatoms.